The second-order valence-corrected chi connectivity index (χ2v) is 9.83. The molecule has 1 heteroatoms. The number of alkyl halides is 1. The molecular weight excluding hydrogens is 324 g/mol. The lowest BCUT2D eigenvalue weighted by atomic mass is 9.82. The van der Waals surface area contributed by atoms with E-state index < -0.39 is 0 Å². The van der Waals surface area contributed by atoms with Crippen LogP contribution in [0.2, 0.25) is 0 Å². The molecule has 0 unspecified atom stereocenters. The Hall–Kier alpha value is -1.27. The minimum absolute atomic E-state index is 0.161. The average molecular weight is 355 g/mol. The van der Waals surface area contributed by atoms with Gasteiger partial charge in [0.2, 0.25) is 0 Å². The fourth-order valence-electron chi connectivity index (χ4n) is 3.76. The molecule has 0 N–H and O–H groups in total. The summed E-state index contributed by atoms with van der Waals surface area (Å²) in [5, 5.41) is 0. The van der Waals surface area contributed by atoms with Crippen molar-refractivity contribution in [3.63, 3.8) is 0 Å². The lowest BCUT2D eigenvalue weighted by molar-refractivity contribution is 0.587. The van der Waals surface area contributed by atoms with E-state index in [1.165, 1.54) is 38.9 Å². The van der Waals surface area contributed by atoms with E-state index in [0.29, 0.717) is 5.88 Å². The number of halogens is 1. The van der Waals surface area contributed by atoms with Gasteiger partial charge in [-0.25, -0.2) is 0 Å². The minimum Gasteiger partial charge on any atom is -0.122 e. The lowest BCUT2D eigenvalue weighted by Gasteiger charge is -2.23. The Bertz CT molecular complexity index is 785. The molecular formula is C24H31Cl. The summed E-state index contributed by atoms with van der Waals surface area (Å²) in [7, 11) is 0. The Morgan fingerprint density at radius 2 is 1.36 bits per heavy atom. The van der Waals surface area contributed by atoms with Crippen molar-refractivity contribution in [2.24, 2.45) is 0 Å². The van der Waals surface area contributed by atoms with Crippen molar-refractivity contribution in [3.05, 3.63) is 69.3 Å². The van der Waals surface area contributed by atoms with Crippen LogP contribution in [-0.2, 0) is 36.0 Å². The van der Waals surface area contributed by atoms with Crippen LogP contribution in [0.5, 0.6) is 0 Å². The Kier molecular flexibility index (Phi) is 4.79. The van der Waals surface area contributed by atoms with Crippen molar-refractivity contribution in [2.75, 3.05) is 0 Å². The van der Waals surface area contributed by atoms with Crippen LogP contribution >= 0.6 is 11.6 Å². The van der Waals surface area contributed by atoms with E-state index in [0.717, 1.165) is 19.3 Å². The maximum absolute atomic E-state index is 6.35. The third kappa shape index (κ3) is 3.80. The highest BCUT2D eigenvalue weighted by Crippen LogP contribution is 2.34. The van der Waals surface area contributed by atoms with Crippen LogP contribution in [0.25, 0.3) is 0 Å². The fourth-order valence-corrected chi connectivity index (χ4v) is 4.00. The molecule has 0 bridgehead atoms. The summed E-state index contributed by atoms with van der Waals surface area (Å²) in [5.41, 5.74) is 10.5. The third-order valence-electron chi connectivity index (χ3n) is 5.55. The van der Waals surface area contributed by atoms with Gasteiger partial charge in [-0.05, 0) is 69.0 Å². The molecule has 0 fully saturated rings. The molecule has 0 saturated carbocycles. The zero-order valence-corrected chi connectivity index (χ0v) is 17.3. The maximum Gasteiger partial charge on any atom is 0.0477 e. The van der Waals surface area contributed by atoms with Crippen LogP contribution < -0.4 is 0 Å². The van der Waals surface area contributed by atoms with Gasteiger partial charge in [0.25, 0.3) is 0 Å². The predicted molar refractivity (Wildman–Crippen MR) is 110 cm³/mol. The zero-order valence-electron chi connectivity index (χ0n) is 16.6. The van der Waals surface area contributed by atoms with Gasteiger partial charge in [-0.3, -0.25) is 0 Å². The molecule has 0 radical (unpaired) electrons. The predicted octanol–water partition coefficient (Wildman–Crippen LogP) is 6.71. The van der Waals surface area contributed by atoms with Gasteiger partial charge in [0.15, 0.2) is 0 Å². The number of rotatable bonds is 1. The van der Waals surface area contributed by atoms with Gasteiger partial charge >= 0.3 is 0 Å². The highest BCUT2D eigenvalue weighted by atomic mass is 35.5. The number of fused-ring (bicyclic) bond motifs is 2. The molecule has 0 aromatic heterocycles. The Morgan fingerprint density at radius 1 is 0.760 bits per heavy atom. The molecule has 0 saturated heterocycles. The van der Waals surface area contributed by atoms with E-state index >= 15 is 0 Å². The normalized spacial score (nSPS) is 14.7. The van der Waals surface area contributed by atoms with Crippen molar-refractivity contribution >= 4 is 11.6 Å². The van der Waals surface area contributed by atoms with E-state index in [-0.39, 0.29) is 10.8 Å². The molecule has 0 aliphatic heterocycles. The summed E-state index contributed by atoms with van der Waals surface area (Å²) < 4.78 is 0. The molecule has 0 spiro atoms. The highest BCUT2D eigenvalue weighted by molar-refractivity contribution is 6.17. The van der Waals surface area contributed by atoms with E-state index in [4.69, 9.17) is 11.6 Å². The molecule has 1 aliphatic carbocycles. The summed E-state index contributed by atoms with van der Waals surface area (Å²) in [4.78, 5) is 0. The molecule has 25 heavy (non-hydrogen) atoms. The molecule has 0 atom stereocenters. The largest absolute Gasteiger partial charge is 0.122 e. The van der Waals surface area contributed by atoms with Crippen molar-refractivity contribution in [1.29, 1.82) is 0 Å². The van der Waals surface area contributed by atoms with Gasteiger partial charge in [-0.2, -0.15) is 0 Å². The first kappa shape index (κ1) is 18.5. The quantitative estimate of drug-likeness (QED) is 0.499. The Labute approximate surface area is 158 Å². The second-order valence-electron chi connectivity index (χ2n) is 9.57. The van der Waals surface area contributed by atoms with Crippen LogP contribution in [0.15, 0.2) is 30.3 Å². The van der Waals surface area contributed by atoms with Crippen molar-refractivity contribution in [2.45, 2.75) is 77.5 Å². The molecule has 1 aliphatic rings. The standard InChI is InChI=1S/C24H31Cl/c1-23(2,3)20-10-9-17-14-22-18(8-7-16(17)11-20)12-21(24(4,5)6)13-19(22)15-25/h9-13H,7-8,14-15H2,1-6H3. The second kappa shape index (κ2) is 6.47. The summed E-state index contributed by atoms with van der Waals surface area (Å²) in [6.07, 6.45) is 3.26. The van der Waals surface area contributed by atoms with Crippen molar-refractivity contribution < 1.29 is 0 Å². The molecule has 2 aromatic rings. The summed E-state index contributed by atoms with van der Waals surface area (Å²) >= 11 is 6.35. The molecule has 0 nitrogen and oxygen atoms in total. The van der Waals surface area contributed by atoms with Crippen molar-refractivity contribution in [3.8, 4) is 0 Å². The third-order valence-corrected chi connectivity index (χ3v) is 5.84. The SMILES string of the molecule is CC(C)(C)c1ccc2c(c1)CCc1cc(C(C)(C)C)cc(CCl)c1C2. The smallest absolute Gasteiger partial charge is 0.0477 e. The molecule has 0 amide bonds. The fraction of sp³-hybridized carbons (Fsp3) is 0.500. The first-order chi connectivity index (χ1) is 11.6. The topological polar surface area (TPSA) is 0 Å². The van der Waals surface area contributed by atoms with Crippen LogP contribution in [-0.4, -0.2) is 0 Å². The van der Waals surface area contributed by atoms with Gasteiger partial charge < -0.3 is 0 Å². The lowest BCUT2D eigenvalue weighted by Crippen LogP contribution is -2.13. The monoisotopic (exact) mass is 354 g/mol. The van der Waals surface area contributed by atoms with Gasteiger partial charge in [-0.15, -0.1) is 11.6 Å². The van der Waals surface area contributed by atoms with Gasteiger partial charge in [0, 0.05) is 5.88 Å². The maximum atomic E-state index is 6.35. The average Bonchev–Trinajstić information content (AvgIpc) is 2.70. The van der Waals surface area contributed by atoms with E-state index in [1.54, 1.807) is 0 Å². The van der Waals surface area contributed by atoms with E-state index in [1.807, 2.05) is 0 Å². The number of benzene rings is 2. The molecule has 3 rings (SSSR count). The van der Waals surface area contributed by atoms with Crippen LogP contribution in [0.1, 0.15) is 80.5 Å². The van der Waals surface area contributed by atoms with Crippen molar-refractivity contribution in [1.82, 2.24) is 0 Å². The highest BCUT2D eigenvalue weighted by Gasteiger charge is 2.22. The Morgan fingerprint density at radius 3 is 1.96 bits per heavy atom. The van der Waals surface area contributed by atoms with Gasteiger partial charge in [0.05, 0.1) is 0 Å². The molecule has 2 aromatic carbocycles. The first-order valence-electron chi connectivity index (χ1n) is 9.43. The van der Waals surface area contributed by atoms with Gasteiger partial charge in [0.1, 0.15) is 0 Å². The summed E-state index contributed by atoms with van der Waals surface area (Å²) in [6.45, 7) is 13.7. The molecule has 134 valence electrons. The van der Waals surface area contributed by atoms with E-state index in [9.17, 15) is 0 Å². The van der Waals surface area contributed by atoms with Crippen LogP contribution in [0.4, 0.5) is 0 Å². The molecule has 0 heterocycles. The minimum atomic E-state index is 0.161. The Balaban J connectivity index is 2.07. The van der Waals surface area contributed by atoms with Crippen LogP contribution in [0.3, 0.4) is 0 Å². The number of aryl methyl sites for hydroxylation is 2. The number of hydrogen-bond donors (Lipinski definition) is 0. The summed E-state index contributed by atoms with van der Waals surface area (Å²) in [6, 6.07) is 11.9. The zero-order chi connectivity index (χ0) is 18.4. The van der Waals surface area contributed by atoms with E-state index in [2.05, 4.69) is 71.9 Å². The summed E-state index contributed by atoms with van der Waals surface area (Å²) in [5.74, 6) is 0.599. The van der Waals surface area contributed by atoms with Crippen LogP contribution in [0, 0.1) is 0 Å². The number of hydrogen-bond acceptors (Lipinski definition) is 0. The first-order valence-corrected chi connectivity index (χ1v) is 9.96. The van der Waals surface area contributed by atoms with Gasteiger partial charge in [-0.1, -0.05) is 71.9 Å².